The number of aromatic amines is 2. The van der Waals surface area contributed by atoms with Gasteiger partial charge in [-0.15, -0.1) is 0 Å². The van der Waals surface area contributed by atoms with Crippen LogP contribution in [0.2, 0.25) is 0 Å². The van der Waals surface area contributed by atoms with Crippen LogP contribution in [-0.2, 0) is 46.8 Å². The number of phenols is 1. The van der Waals surface area contributed by atoms with Crippen LogP contribution in [0.3, 0.4) is 0 Å². The van der Waals surface area contributed by atoms with E-state index in [-0.39, 0.29) is 42.1 Å². The highest BCUT2D eigenvalue weighted by molar-refractivity contribution is 7.98. The summed E-state index contributed by atoms with van der Waals surface area (Å²) in [6.07, 6.45) is 2.38. The van der Waals surface area contributed by atoms with E-state index in [2.05, 4.69) is 36.0 Å². The lowest BCUT2D eigenvalue weighted by Crippen LogP contribution is -2.62. The summed E-state index contributed by atoms with van der Waals surface area (Å²) in [5.41, 5.74) is 0.983. The summed E-state index contributed by atoms with van der Waals surface area (Å²) in [5, 5.41) is 42.0. The number of aryl methyl sites for hydroxylation is 1. The Labute approximate surface area is 411 Å². The molecule has 3 heterocycles. The van der Waals surface area contributed by atoms with Gasteiger partial charge >= 0.3 is 17.7 Å². The fourth-order valence-electron chi connectivity index (χ4n) is 7.78. The highest BCUT2D eigenvalue weighted by atomic mass is 32.2. The van der Waals surface area contributed by atoms with Gasteiger partial charge in [-0.1, -0.05) is 48.0 Å². The van der Waals surface area contributed by atoms with Crippen molar-refractivity contribution in [2.24, 2.45) is 0 Å². The van der Waals surface area contributed by atoms with E-state index in [0.29, 0.717) is 16.9 Å². The van der Waals surface area contributed by atoms with Crippen molar-refractivity contribution in [1.82, 2.24) is 45.4 Å². The molecule has 7 atom stereocenters. The summed E-state index contributed by atoms with van der Waals surface area (Å²) in [6, 6.07) is 11.7. The quantitative estimate of drug-likeness (QED) is 0.0496. The molecule has 1 fully saturated rings. The summed E-state index contributed by atoms with van der Waals surface area (Å²) in [6.45, 7) is 3.18. The number of aliphatic carboxylic acids is 1. The molecule has 5 aromatic rings. The summed E-state index contributed by atoms with van der Waals surface area (Å²) >= 11 is 1.33. The molecule has 1 saturated heterocycles. The largest absolute Gasteiger partial charge is 0.508 e. The van der Waals surface area contributed by atoms with Crippen LogP contribution in [0.25, 0.3) is 10.9 Å². The molecule has 5 amide bonds. The first kappa shape index (κ1) is 53.0. The second-order valence-electron chi connectivity index (χ2n) is 16.9. The lowest BCUT2D eigenvalue weighted by atomic mass is 10.0. The molecule has 0 bridgehead atoms. The number of rotatable bonds is 21. The molecule has 0 spiro atoms. The van der Waals surface area contributed by atoms with Crippen LogP contribution >= 0.6 is 11.8 Å². The lowest BCUT2D eigenvalue weighted by Gasteiger charge is -2.34. The Hall–Kier alpha value is -7.41. The fraction of sp³-hybridized carbons (Fsp3) is 0.340. The summed E-state index contributed by atoms with van der Waals surface area (Å²) in [7, 11) is -3.08. The van der Waals surface area contributed by atoms with E-state index in [0.717, 1.165) is 44.4 Å². The number of carbonyl (C=O) groups excluding carboxylic acids is 4. The Morgan fingerprint density at radius 2 is 1.66 bits per heavy atom. The zero-order valence-electron chi connectivity index (χ0n) is 38.9. The maximum Gasteiger partial charge on any atom is 0.331 e. The van der Waals surface area contributed by atoms with Gasteiger partial charge in [-0.25, -0.2) is 22.8 Å². The lowest BCUT2D eigenvalue weighted by molar-refractivity contribution is -0.139. The Balaban J connectivity index is 1.27. The monoisotopic (exact) mass is 1020 g/mol. The zero-order chi connectivity index (χ0) is 51.6. The van der Waals surface area contributed by atoms with Crippen molar-refractivity contribution in [1.29, 1.82) is 0 Å². The Kier molecular flexibility index (Phi) is 17.5. The molecule has 0 saturated carbocycles. The number of aromatic nitrogens is 3. The molecule has 378 valence electrons. The number of aliphatic hydroxyl groups excluding tert-OH is 1. The van der Waals surface area contributed by atoms with Crippen molar-refractivity contribution < 1.29 is 52.4 Å². The van der Waals surface area contributed by atoms with Crippen molar-refractivity contribution >= 4 is 62.4 Å². The van der Waals surface area contributed by atoms with Crippen LogP contribution < -0.4 is 37.2 Å². The number of amides is 5. The molecule has 2 aromatic heterocycles. The van der Waals surface area contributed by atoms with E-state index < -0.39 is 93.5 Å². The molecule has 0 radical (unpaired) electrons. The minimum Gasteiger partial charge on any atom is -0.508 e. The number of urea groups is 1. The molecule has 24 heteroatoms. The number of nitrogens with one attached hydrogen (secondary N) is 7. The Morgan fingerprint density at radius 3 is 2.35 bits per heavy atom. The predicted molar refractivity (Wildman–Crippen MR) is 261 cm³/mol. The van der Waals surface area contributed by atoms with Gasteiger partial charge in [0.25, 0.3) is 5.56 Å². The van der Waals surface area contributed by atoms with Gasteiger partial charge in [0.1, 0.15) is 41.8 Å². The number of likely N-dealkylation sites (N-methyl/N-ethyl adjacent to an activating group) is 1. The van der Waals surface area contributed by atoms with Crippen LogP contribution in [0.5, 0.6) is 5.75 Å². The number of para-hydroxylation sites is 1. The third kappa shape index (κ3) is 13.7. The number of H-pyrrole nitrogens is 2. The molecule has 0 aliphatic carbocycles. The van der Waals surface area contributed by atoms with Gasteiger partial charge in [-0.2, -0.15) is 16.5 Å². The van der Waals surface area contributed by atoms with E-state index in [1.165, 1.54) is 56.1 Å². The maximum atomic E-state index is 14.6. The minimum absolute atomic E-state index is 0.00777. The number of sulfonamides is 1. The Bertz CT molecular complexity index is 3010. The van der Waals surface area contributed by atoms with Gasteiger partial charge in [0.05, 0.1) is 10.9 Å². The molecule has 22 nitrogen and oxygen atoms in total. The van der Waals surface area contributed by atoms with Gasteiger partial charge in [0.2, 0.25) is 34.0 Å². The number of nitrogens with zero attached hydrogens (tertiary/aromatic N) is 2. The molecule has 1 aliphatic heterocycles. The van der Waals surface area contributed by atoms with Crippen LogP contribution in [0.15, 0.2) is 118 Å². The number of carbonyl (C=O) groups is 5. The highest BCUT2D eigenvalue weighted by Crippen LogP contribution is 2.30. The van der Waals surface area contributed by atoms with E-state index in [1.54, 1.807) is 49.7 Å². The number of thioether (sulfide) groups is 1. The number of hydrogen-bond acceptors (Lipinski definition) is 13. The SMILES string of the molecule is CSCCC(NC(=O)NC(Cc1c[nH]c2ccccc12)C(=O)O)C(=O)NC(C(=O)N/C=C1\C[C@H](O)[C@@H](n2ccc(=O)[nH]c2=O)O1)C(C)N(C)C(=O)C(Cc1cccc(O)c1)NS(=O)(=O)c1ccc(C)cc1. The highest BCUT2D eigenvalue weighted by Gasteiger charge is 2.38. The van der Waals surface area contributed by atoms with Gasteiger partial charge < -0.3 is 51.2 Å². The zero-order valence-corrected chi connectivity index (χ0v) is 40.6. The number of benzene rings is 3. The number of phenolic OH excluding ortho intramolecular Hbond substituents is 1. The molecular formula is C47H55N9O13S2. The molecule has 71 heavy (non-hydrogen) atoms. The van der Waals surface area contributed by atoms with Crippen LogP contribution in [0.4, 0.5) is 4.79 Å². The summed E-state index contributed by atoms with van der Waals surface area (Å²) in [5.74, 6) is -3.93. The van der Waals surface area contributed by atoms with Crippen LogP contribution in [0.1, 0.15) is 42.7 Å². The standard InChI is InChI=1S/C47H55N9O13S2/c1-26-12-14-32(15-13-26)71(67,68)54-36(21-28-8-7-9-30(57)20-28)43(62)55(3)27(2)40(42(61)49-25-31-23-38(58)44(69-31)56-18-16-39(59)52-47(56)66)53-41(60)35(17-19-70-4)50-46(65)51-37(45(63)64)22-29-24-48-34-11-6-5-10-33(29)34/h5-16,18,20,24-25,27,35-38,40,44,48,54,57-58H,17,19,21-23H2,1-4H3,(H,49,61)(H,53,60)(H,63,64)(H2,50,51,65)(H,52,59,66)/b31-25+/t27?,35?,36?,37?,38-,40?,44-/m0/s1. The topological polar surface area (TPSA) is 323 Å². The van der Waals surface area contributed by atoms with E-state index in [4.69, 9.17) is 4.74 Å². The Morgan fingerprint density at radius 1 is 0.944 bits per heavy atom. The average Bonchev–Trinajstić information content (AvgIpc) is 3.92. The van der Waals surface area contributed by atoms with Crippen molar-refractivity contribution in [2.45, 2.75) is 87.0 Å². The number of fused-ring (bicyclic) bond motifs is 1. The number of aromatic hydroxyl groups is 1. The number of ether oxygens (including phenoxy) is 1. The normalized spacial score (nSPS) is 17.3. The van der Waals surface area contributed by atoms with Crippen molar-refractivity contribution in [3.63, 3.8) is 0 Å². The first-order valence-corrected chi connectivity index (χ1v) is 25.1. The summed E-state index contributed by atoms with van der Waals surface area (Å²) < 4.78 is 36.7. The number of aliphatic hydroxyl groups is 1. The van der Waals surface area contributed by atoms with E-state index >= 15 is 0 Å². The third-order valence-electron chi connectivity index (χ3n) is 11.7. The first-order valence-electron chi connectivity index (χ1n) is 22.2. The van der Waals surface area contributed by atoms with Crippen LogP contribution in [0, 0.1) is 6.92 Å². The second-order valence-corrected chi connectivity index (χ2v) is 19.6. The van der Waals surface area contributed by atoms with E-state index in [1.807, 2.05) is 12.1 Å². The molecule has 5 unspecified atom stereocenters. The van der Waals surface area contributed by atoms with E-state index in [9.17, 15) is 57.3 Å². The first-order chi connectivity index (χ1) is 33.7. The van der Waals surface area contributed by atoms with Gasteiger partial charge in [-0.05, 0) is 80.2 Å². The third-order valence-corrected chi connectivity index (χ3v) is 13.9. The molecule has 3 aromatic carbocycles. The van der Waals surface area contributed by atoms with Gasteiger partial charge in [-0.3, -0.25) is 28.7 Å². The van der Waals surface area contributed by atoms with Crippen LogP contribution in [-0.4, -0.2) is 128 Å². The number of carboxylic acid groups (broad SMARTS) is 1. The van der Waals surface area contributed by atoms with Crippen molar-refractivity contribution in [2.75, 3.05) is 19.1 Å². The molecule has 1 aliphatic rings. The smallest absolute Gasteiger partial charge is 0.331 e. The average molecular weight is 1020 g/mol. The van der Waals surface area contributed by atoms with Gasteiger partial charge in [0.15, 0.2) is 0 Å². The molecular weight excluding hydrogens is 963 g/mol. The predicted octanol–water partition coefficient (Wildman–Crippen LogP) is 1.31. The van der Waals surface area contributed by atoms with Crippen molar-refractivity contribution in [3.05, 3.63) is 141 Å². The fourth-order valence-corrected chi connectivity index (χ4v) is 9.44. The number of hydrogen-bond donors (Lipinski definition) is 10. The van der Waals surface area contributed by atoms with Gasteiger partial charge in [0, 0.05) is 55.5 Å². The molecule has 10 N–H and O–H groups in total. The number of carboxylic acids is 1. The van der Waals surface area contributed by atoms with Crippen molar-refractivity contribution in [3.8, 4) is 5.75 Å². The minimum atomic E-state index is -4.37. The maximum absolute atomic E-state index is 14.6. The second kappa shape index (κ2) is 23.5. The summed E-state index contributed by atoms with van der Waals surface area (Å²) in [4.78, 5) is 99.4. The molecule has 6 rings (SSSR count).